The zero-order valence-corrected chi connectivity index (χ0v) is 16.7. The Morgan fingerprint density at radius 3 is 2.71 bits per heavy atom. The molecule has 0 spiro atoms. The fourth-order valence-electron chi connectivity index (χ4n) is 2.84. The van der Waals surface area contributed by atoms with E-state index in [1.807, 2.05) is 30.5 Å². The first-order chi connectivity index (χ1) is 13.6. The number of thioether (sulfide) groups is 1. The lowest BCUT2D eigenvalue weighted by Crippen LogP contribution is -2.30. The second-order valence-corrected chi connectivity index (χ2v) is 7.70. The summed E-state index contributed by atoms with van der Waals surface area (Å²) in [7, 11) is 0. The number of rotatable bonds is 9. The van der Waals surface area contributed by atoms with Crippen molar-refractivity contribution in [1.82, 2.24) is 10.3 Å². The number of H-pyrrole nitrogens is 1. The standard InChI is InChI=1S/C22H24N2O3S/c1-16-6-9-18(10-7-16)28-13-12-23-21(25)15-27-22(26)11-8-17-14-24-20-5-3-2-4-19(17)20/h2-7,9-10,14,24H,8,11-13,15H2,1H3,(H,23,25). The molecule has 0 bridgehead atoms. The average Bonchev–Trinajstić information content (AvgIpc) is 3.12. The van der Waals surface area contributed by atoms with Crippen LogP contribution in [0.1, 0.15) is 17.5 Å². The number of hydrogen-bond donors (Lipinski definition) is 2. The highest BCUT2D eigenvalue weighted by atomic mass is 32.2. The van der Waals surface area contributed by atoms with Crippen LogP contribution in [0.2, 0.25) is 0 Å². The molecule has 0 aliphatic carbocycles. The molecule has 3 aromatic rings. The van der Waals surface area contributed by atoms with Gasteiger partial charge in [0.2, 0.25) is 0 Å². The Bertz CT molecular complexity index is 934. The number of aromatic nitrogens is 1. The van der Waals surface area contributed by atoms with Crippen LogP contribution < -0.4 is 5.32 Å². The van der Waals surface area contributed by atoms with Gasteiger partial charge in [-0.15, -0.1) is 11.8 Å². The molecule has 2 N–H and O–H groups in total. The van der Waals surface area contributed by atoms with Crippen LogP contribution >= 0.6 is 11.8 Å². The highest BCUT2D eigenvalue weighted by Gasteiger charge is 2.10. The summed E-state index contributed by atoms with van der Waals surface area (Å²) in [6.07, 6.45) is 2.74. The Morgan fingerprint density at radius 1 is 1.11 bits per heavy atom. The summed E-state index contributed by atoms with van der Waals surface area (Å²) >= 11 is 1.68. The third-order valence-electron chi connectivity index (χ3n) is 4.35. The van der Waals surface area contributed by atoms with Crippen molar-refractivity contribution >= 4 is 34.5 Å². The van der Waals surface area contributed by atoms with Crippen molar-refractivity contribution in [3.63, 3.8) is 0 Å². The predicted octanol–water partition coefficient (Wildman–Crippen LogP) is 3.86. The Balaban J connectivity index is 1.30. The number of aromatic amines is 1. The summed E-state index contributed by atoms with van der Waals surface area (Å²) in [5, 5.41) is 3.88. The zero-order chi connectivity index (χ0) is 19.8. The van der Waals surface area contributed by atoms with Gasteiger partial charge < -0.3 is 15.0 Å². The van der Waals surface area contributed by atoms with E-state index in [0.717, 1.165) is 22.2 Å². The normalized spacial score (nSPS) is 10.8. The minimum Gasteiger partial charge on any atom is -0.456 e. The zero-order valence-electron chi connectivity index (χ0n) is 15.9. The molecule has 3 rings (SSSR count). The molecule has 0 radical (unpaired) electrons. The molecule has 2 aromatic carbocycles. The molecule has 0 aliphatic rings. The minimum absolute atomic E-state index is 0.234. The predicted molar refractivity (Wildman–Crippen MR) is 112 cm³/mol. The van der Waals surface area contributed by atoms with E-state index >= 15 is 0 Å². The van der Waals surface area contributed by atoms with Gasteiger partial charge in [-0.3, -0.25) is 9.59 Å². The van der Waals surface area contributed by atoms with Crippen molar-refractivity contribution in [1.29, 1.82) is 0 Å². The molecule has 28 heavy (non-hydrogen) atoms. The van der Waals surface area contributed by atoms with Crippen LogP contribution in [0.5, 0.6) is 0 Å². The molecular weight excluding hydrogens is 372 g/mol. The molecular formula is C22H24N2O3S. The molecule has 1 amide bonds. The van der Waals surface area contributed by atoms with Crippen LogP contribution in [-0.4, -0.2) is 35.8 Å². The molecule has 6 heteroatoms. The number of aryl methyl sites for hydroxylation is 2. The van der Waals surface area contributed by atoms with Crippen molar-refractivity contribution in [2.75, 3.05) is 18.9 Å². The van der Waals surface area contributed by atoms with Crippen LogP contribution in [0.4, 0.5) is 0 Å². The molecule has 1 aromatic heterocycles. The molecule has 1 heterocycles. The number of carbonyl (C=O) groups excluding carboxylic acids is 2. The second kappa shape index (κ2) is 9.99. The lowest BCUT2D eigenvalue weighted by atomic mass is 10.1. The number of fused-ring (bicyclic) bond motifs is 1. The van der Waals surface area contributed by atoms with Gasteiger partial charge in [0.25, 0.3) is 5.91 Å². The van der Waals surface area contributed by atoms with Crippen LogP contribution in [0.25, 0.3) is 10.9 Å². The monoisotopic (exact) mass is 396 g/mol. The van der Waals surface area contributed by atoms with E-state index in [0.29, 0.717) is 13.0 Å². The maximum atomic E-state index is 11.9. The van der Waals surface area contributed by atoms with Gasteiger partial charge in [0.15, 0.2) is 6.61 Å². The molecule has 0 saturated heterocycles. The molecule has 0 fully saturated rings. The van der Waals surface area contributed by atoms with Gasteiger partial charge in [-0.1, -0.05) is 35.9 Å². The number of carbonyl (C=O) groups is 2. The third-order valence-corrected chi connectivity index (χ3v) is 5.37. The van der Waals surface area contributed by atoms with Crippen molar-refractivity contribution in [2.24, 2.45) is 0 Å². The van der Waals surface area contributed by atoms with Gasteiger partial charge in [0.05, 0.1) is 0 Å². The van der Waals surface area contributed by atoms with Gasteiger partial charge in [-0.05, 0) is 37.1 Å². The Morgan fingerprint density at radius 2 is 1.89 bits per heavy atom. The Kier molecular flexibility index (Phi) is 7.14. The van der Waals surface area contributed by atoms with Gasteiger partial charge in [0.1, 0.15) is 0 Å². The van der Waals surface area contributed by atoms with E-state index < -0.39 is 0 Å². The van der Waals surface area contributed by atoms with Crippen molar-refractivity contribution in [2.45, 2.75) is 24.7 Å². The van der Waals surface area contributed by atoms with E-state index in [2.05, 4.69) is 41.5 Å². The van der Waals surface area contributed by atoms with Gasteiger partial charge >= 0.3 is 5.97 Å². The Labute approximate surface area is 168 Å². The Hall–Kier alpha value is -2.73. The number of hydrogen-bond acceptors (Lipinski definition) is 4. The van der Waals surface area contributed by atoms with E-state index in [4.69, 9.17) is 4.74 Å². The number of nitrogens with one attached hydrogen (secondary N) is 2. The first-order valence-electron chi connectivity index (χ1n) is 9.28. The average molecular weight is 397 g/mol. The summed E-state index contributed by atoms with van der Waals surface area (Å²) in [4.78, 5) is 28.1. The van der Waals surface area contributed by atoms with E-state index in [1.165, 1.54) is 10.5 Å². The fourth-order valence-corrected chi connectivity index (χ4v) is 3.61. The lowest BCUT2D eigenvalue weighted by molar-refractivity contribution is -0.148. The van der Waals surface area contributed by atoms with Crippen molar-refractivity contribution < 1.29 is 14.3 Å². The molecule has 0 saturated carbocycles. The van der Waals surface area contributed by atoms with Crippen LogP contribution in [-0.2, 0) is 20.7 Å². The quantitative estimate of drug-likeness (QED) is 0.327. The van der Waals surface area contributed by atoms with Crippen LogP contribution in [0, 0.1) is 6.92 Å². The summed E-state index contributed by atoms with van der Waals surface area (Å²) in [5.74, 6) is 0.128. The summed E-state index contributed by atoms with van der Waals surface area (Å²) in [6, 6.07) is 16.2. The number of benzene rings is 2. The van der Waals surface area contributed by atoms with E-state index in [9.17, 15) is 9.59 Å². The molecule has 0 aliphatic heterocycles. The van der Waals surface area contributed by atoms with Crippen LogP contribution in [0.3, 0.4) is 0 Å². The summed E-state index contributed by atoms with van der Waals surface area (Å²) in [6.45, 7) is 2.35. The topological polar surface area (TPSA) is 71.2 Å². The highest BCUT2D eigenvalue weighted by Crippen LogP contribution is 2.19. The first-order valence-corrected chi connectivity index (χ1v) is 10.3. The number of esters is 1. The molecule has 0 atom stereocenters. The SMILES string of the molecule is Cc1ccc(SCCNC(=O)COC(=O)CCc2c[nH]c3ccccc23)cc1. The summed E-state index contributed by atoms with van der Waals surface area (Å²) in [5.41, 5.74) is 3.35. The van der Waals surface area contributed by atoms with Gasteiger partial charge in [0, 0.05) is 40.7 Å². The second-order valence-electron chi connectivity index (χ2n) is 6.53. The largest absolute Gasteiger partial charge is 0.456 e. The molecule has 146 valence electrons. The third kappa shape index (κ3) is 5.89. The maximum Gasteiger partial charge on any atom is 0.306 e. The fraction of sp³-hybridized carbons (Fsp3) is 0.273. The van der Waals surface area contributed by atoms with E-state index in [1.54, 1.807) is 11.8 Å². The number of amides is 1. The van der Waals surface area contributed by atoms with Crippen molar-refractivity contribution in [3.05, 3.63) is 65.9 Å². The number of para-hydroxylation sites is 1. The highest BCUT2D eigenvalue weighted by molar-refractivity contribution is 7.99. The van der Waals surface area contributed by atoms with Crippen LogP contribution in [0.15, 0.2) is 59.6 Å². The number of ether oxygens (including phenoxy) is 1. The van der Waals surface area contributed by atoms with Gasteiger partial charge in [-0.25, -0.2) is 0 Å². The minimum atomic E-state index is -0.366. The van der Waals surface area contributed by atoms with Gasteiger partial charge in [-0.2, -0.15) is 0 Å². The molecule has 0 unspecified atom stereocenters. The maximum absolute atomic E-state index is 11.9. The first kappa shape index (κ1) is 20.0. The van der Waals surface area contributed by atoms with E-state index in [-0.39, 0.29) is 24.9 Å². The molecule has 5 nitrogen and oxygen atoms in total. The summed E-state index contributed by atoms with van der Waals surface area (Å²) < 4.78 is 5.07. The van der Waals surface area contributed by atoms with Crippen molar-refractivity contribution in [3.8, 4) is 0 Å². The lowest BCUT2D eigenvalue weighted by Gasteiger charge is -2.07. The smallest absolute Gasteiger partial charge is 0.306 e.